The van der Waals surface area contributed by atoms with Crippen LogP contribution in [-0.2, 0) is 4.79 Å². The van der Waals surface area contributed by atoms with Crippen LogP contribution in [0.2, 0.25) is 0 Å². The van der Waals surface area contributed by atoms with Gasteiger partial charge in [-0.3, -0.25) is 4.79 Å². The van der Waals surface area contributed by atoms with Crippen molar-refractivity contribution in [2.45, 2.75) is 45.1 Å². The van der Waals surface area contributed by atoms with E-state index in [-0.39, 0.29) is 29.6 Å². The molecule has 0 aromatic carbocycles. The molecular weight excluding hydrogens is 487 g/mol. The van der Waals surface area contributed by atoms with Crippen molar-refractivity contribution in [1.82, 2.24) is 19.9 Å². The maximum Gasteiger partial charge on any atom is 0.341 e. The molecule has 1 atom stereocenters. The van der Waals surface area contributed by atoms with Crippen LogP contribution in [0.1, 0.15) is 39.0 Å². The van der Waals surface area contributed by atoms with Crippen LogP contribution in [0.15, 0.2) is 47.3 Å². The highest BCUT2D eigenvalue weighted by Crippen LogP contribution is 2.27. The number of piperazine rings is 1. The number of urea groups is 1. The number of hydrogen-bond donors (Lipinski definition) is 1. The Morgan fingerprint density at radius 1 is 1.14 bits per heavy atom. The van der Waals surface area contributed by atoms with E-state index >= 15 is 0 Å². The maximum atomic E-state index is 14.3. The minimum Gasteiger partial charge on any atom is -0.337 e. The summed E-state index contributed by atoms with van der Waals surface area (Å²) in [5.41, 5.74) is 0.298. The summed E-state index contributed by atoms with van der Waals surface area (Å²) in [4.78, 5) is 37.2. The number of halogens is 3. The molecule has 4 rings (SSSR count). The summed E-state index contributed by atoms with van der Waals surface area (Å²) in [7, 11) is 0. The zero-order valence-electron chi connectivity index (χ0n) is 20.7. The second kappa shape index (κ2) is 11.6. The minimum atomic E-state index is -0.795. The van der Waals surface area contributed by atoms with Crippen molar-refractivity contribution in [2.75, 3.05) is 36.4 Å². The van der Waals surface area contributed by atoms with E-state index in [4.69, 9.17) is 0 Å². The predicted octanol–water partition coefficient (Wildman–Crippen LogP) is 4.33. The largest absolute Gasteiger partial charge is 0.341 e. The zero-order chi connectivity index (χ0) is 26.5. The molecule has 2 fully saturated rings. The molecule has 3 heterocycles. The Balaban J connectivity index is 1.36. The van der Waals surface area contributed by atoms with E-state index in [0.717, 1.165) is 51.0 Å². The summed E-state index contributed by atoms with van der Waals surface area (Å²) in [6.07, 6.45) is 8.34. The summed E-state index contributed by atoms with van der Waals surface area (Å²) >= 11 is 0. The van der Waals surface area contributed by atoms with Crippen LogP contribution in [0.25, 0.3) is 0 Å². The predicted molar refractivity (Wildman–Crippen MR) is 134 cm³/mol. The molecule has 0 unspecified atom stereocenters. The Bertz CT molecular complexity index is 1140. The second-order valence-corrected chi connectivity index (χ2v) is 9.32. The molecule has 1 N–H and O–H groups in total. The van der Waals surface area contributed by atoms with E-state index in [1.165, 1.54) is 5.01 Å². The van der Waals surface area contributed by atoms with Crippen LogP contribution in [0.4, 0.5) is 29.7 Å². The van der Waals surface area contributed by atoms with E-state index in [1.54, 1.807) is 11.1 Å². The summed E-state index contributed by atoms with van der Waals surface area (Å²) in [6, 6.07) is -0.939. The summed E-state index contributed by atoms with van der Waals surface area (Å²) < 4.78 is 41.1. The van der Waals surface area contributed by atoms with Gasteiger partial charge in [-0.05, 0) is 31.4 Å². The Morgan fingerprint density at radius 3 is 2.51 bits per heavy atom. The fourth-order valence-corrected chi connectivity index (χ4v) is 4.66. The molecule has 3 amide bonds. The number of hydrogen-bond acceptors (Lipinski definition) is 6. The van der Waals surface area contributed by atoms with Gasteiger partial charge in [-0.15, -0.1) is 0 Å². The molecule has 0 spiro atoms. The fourth-order valence-electron chi connectivity index (χ4n) is 4.66. The van der Waals surface area contributed by atoms with E-state index in [9.17, 15) is 22.8 Å². The highest BCUT2D eigenvalue weighted by atomic mass is 19.1. The zero-order valence-corrected chi connectivity index (χ0v) is 20.7. The molecule has 37 heavy (non-hydrogen) atoms. The van der Waals surface area contributed by atoms with Gasteiger partial charge in [0, 0.05) is 50.8 Å². The first-order chi connectivity index (χ1) is 17.7. The number of amides is 3. The molecular formula is C25H30F3N7O2. The van der Waals surface area contributed by atoms with Crippen molar-refractivity contribution in [1.29, 1.82) is 0 Å². The number of carbonyl (C=O) groups is 2. The third kappa shape index (κ3) is 6.36. The van der Waals surface area contributed by atoms with Crippen molar-refractivity contribution in [3.63, 3.8) is 0 Å². The number of nitrogens with one attached hydrogen (secondary N) is 1. The molecule has 198 valence electrons. The highest BCUT2D eigenvalue weighted by Gasteiger charge is 2.34. The van der Waals surface area contributed by atoms with Crippen LogP contribution in [0.5, 0.6) is 0 Å². The number of allylic oxidation sites excluding steroid dienone is 3. The Kier molecular flexibility index (Phi) is 8.24. The van der Waals surface area contributed by atoms with Gasteiger partial charge in [0.25, 0.3) is 0 Å². The minimum absolute atomic E-state index is 0.128. The quantitative estimate of drug-likeness (QED) is 0.567. The maximum absolute atomic E-state index is 14.3. The van der Waals surface area contributed by atoms with Crippen LogP contribution in [0, 0.1) is 11.7 Å². The summed E-state index contributed by atoms with van der Waals surface area (Å²) in [5, 5.41) is 7.98. The molecule has 1 aliphatic carbocycles. The van der Waals surface area contributed by atoms with Gasteiger partial charge in [-0.1, -0.05) is 19.4 Å². The van der Waals surface area contributed by atoms with Gasteiger partial charge >= 0.3 is 6.03 Å². The molecule has 1 aromatic heterocycles. The average molecular weight is 518 g/mol. The number of aromatic nitrogens is 2. The van der Waals surface area contributed by atoms with E-state index in [0.29, 0.717) is 38.2 Å². The standard InChI is InChI=1S/C25H30F3N7O2/c1-16(13-19(27)14-17(2)26)21-7-8-30-35(21)25(37)34-11-9-33(10-12-34)24-29-15-20(28)22(32-24)31-23(36)18-5-3-4-6-18/h8,13-15,18,21H,1,3-7,9-12H2,2H3,(H,29,31,32,36)/b17-14+,19-13+/t21-/m0/s1. The lowest BCUT2D eigenvalue weighted by atomic mass is 10.1. The first kappa shape index (κ1) is 26.4. The molecule has 1 aromatic rings. The lowest BCUT2D eigenvalue weighted by molar-refractivity contribution is -0.119. The van der Waals surface area contributed by atoms with Gasteiger partial charge in [-0.25, -0.2) is 28.0 Å². The average Bonchev–Trinajstić information content (AvgIpc) is 3.57. The fraction of sp³-hybridized carbons (Fsp3) is 0.480. The third-order valence-corrected chi connectivity index (χ3v) is 6.65. The SMILES string of the molecule is C=C(/C=C(F)\C=C(/C)F)[C@@H]1CC=NN1C(=O)N1CCN(c2ncc(F)c(NC(=O)C3CCCC3)n2)CC1. The van der Waals surface area contributed by atoms with Crippen molar-refractivity contribution in [3.8, 4) is 0 Å². The van der Waals surface area contributed by atoms with Gasteiger partial charge < -0.3 is 15.1 Å². The second-order valence-electron chi connectivity index (χ2n) is 9.32. The van der Waals surface area contributed by atoms with Crippen molar-refractivity contribution < 1.29 is 22.8 Å². The highest BCUT2D eigenvalue weighted by molar-refractivity contribution is 5.92. The molecule has 3 aliphatic rings. The number of anilines is 2. The number of nitrogens with zero attached hydrogens (tertiary/aromatic N) is 6. The number of carbonyl (C=O) groups excluding carboxylic acids is 2. The lowest BCUT2D eigenvalue weighted by Crippen LogP contribution is -2.53. The Labute approximate surface area is 213 Å². The smallest absolute Gasteiger partial charge is 0.337 e. The molecule has 2 aliphatic heterocycles. The number of hydrazone groups is 1. The summed E-state index contributed by atoms with van der Waals surface area (Å²) in [6.45, 7) is 6.37. The van der Waals surface area contributed by atoms with Gasteiger partial charge in [0.2, 0.25) is 11.9 Å². The van der Waals surface area contributed by atoms with Crippen LogP contribution in [0.3, 0.4) is 0 Å². The lowest BCUT2D eigenvalue weighted by Gasteiger charge is -2.37. The Hall–Kier alpha value is -3.70. The van der Waals surface area contributed by atoms with E-state index in [2.05, 4.69) is 27.0 Å². The molecule has 1 saturated carbocycles. The third-order valence-electron chi connectivity index (χ3n) is 6.65. The monoisotopic (exact) mass is 517 g/mol. The molecule has 0 bridgehead atoms. The molecule has 9 nitrogen and oxygen atoms in total. The van der Waals surface area contributed by atoms with E-state index < -0.39 is 23.5 Å². The van der Waals surface area contributed by atoms with Crippen molar-refractivity contribution in [3.05, 3.63) is 48.0 Å². The van der Waals surface area contributed by atoms with Crippen LogP contribution in [-0.4, -0.2) is 70.3 Å². The molecule has 0 radical (unpaired) electrons. The van der Waals surface area contributed by atoms with E-state index in [1.807, 2.05) is 4.90 Å². The van der Waals surface area contributed by atoms with Gasteiger partial charge in [0.1, 0.15) is 5.83 Å². The Morgan fingerprint density at radius 2 is 1.84 bits per heavy atom. The van der Waals surface area contributed by atoms with Crippen molar-refractivity contribution >= 4 is 29.9 Å². The van der Waals surface area contributed by atoms with Crippen LogP contribution < -0.4 is 10.2 Å². The van der Waals surface area contributed by atoms with Gasteiger partial charge in [0.05, 0.1) is 18.1 Å². The first-order valence-corrected chi connectivity index (χ1v) is 12.3. The van der Waals surface area contributed by atoms with Crippen molar-refractivity contribution in [2.24, 2.45) is 11.0 Å². The summed E-state index contributed by atoms with van der Waals surface area (Å²) in [5.74, 6) is -2.42. The van der Waals surface area contributed by atoms with Crippen LogP contribution >= 0.6 is 0 Å². The normalized spacial score (nSPS) is 21.1. The topological polar surface area (TPSA) is 94.0 Å². The molecule has 1 saturated heterocycles. The van der Waals surface area contributed by atoms with Gasteiger partial charge in [-0.2, -0.15) is 10.1 Å². The van der Waals surface area contributed by atoms with Gasteiger partial charge in [0.15, 0.2) is 11.6 Å². The first-order valence-electron chi connectivity index (χ1n) is 12.3. The molecule has 12 heteroatoms. The number of rotatable bonds is 6.